The molecule has 178 valence electrons. The number of sulfonamides is 1. The van der Waals surface area contributed by atoms with Crippen LogP contribution in [0.5, 0.6) is 5.75 Å². The highest BCUT2D eigenvalue weighted by molar-refractivity contribution is 7.89. The number of nitrogens with zero attached hydrogens (tertiary/aromatic N) is 1. The predicted molar refractivity (Wildman–Crippen MR) is 129 cm³/mol. The summed E-state index contributed by atoms with van der Waals surface area (Å²) < 4.78 is 34.2. The lowest BCUT2D eigenvalue weighted by atomic mass is 9.97. The highest BCUT2D eigenvalue weighted by atomic mass is 32.2. The molecule has 1 saturated carbocycles. The number of nitrogens with one attached hydrogen (secondary N) is 2. The van der Waals surface area contributed by atoms with Crippen molar-refractivity contribution in [2.24, 2.45) is 0 Å². The molecule has 0 aromatic heterocycles. The first-order valence-electron chi connectivity index (χ1n) is 11.7. The largest absolute Gasteiger partial charge is 0.497 e. The second kappa shape index (κ2) is 9.73. The summed E-state index contributed by atoms with van der Waals surface area (Å²) in [4.78, 5) is 14.6. The number of urea groups is 1. The Balaban J connectivity index is 1.63. The minimum Gasteiger partial charge on any atom is -0.497 e. The van der Waals surface area contributed by atoms with Gasteiger partial charge >= 0.3 is 6.03 Å². The number of hydrogen-bond donors (Lipinski definition) is 2. The topological polar surface area (TPSA) is 87.7 Å². The third-order valence-electron chi connectivity index (χ3n) is 6.51. The van der Waals surface area contributed by atoms with Crippen molar-refractivity contribution >= 4 is 16.1 Å². The maximum absolute atomic E-state index is 13.0. The summed E-state index contributed by atoms with van der Waals surface area (Å²) in [6.07, 6.45) is 4.34. The monoisotopic (exact) mass is 471 g/mol. The maximum Gasteiger partial charge on any atom is 0.319 e. The fourth-order valence-electron chi connectivity index (χ4n) is 4.39. The summed E-state index contributed by atoms with van der Waals surface area (Å²) in [6, 6.07) is 15.5. The standard InChI is InChI=1S/C25H33N3O4S/c1-3-4-17-33(30,31)27-25(22-11-9-21(10-12-22)20-7-8-20)18-26-24(29)28(25)16-15-19-5-13-23(32-2)14-6-19/h5-6,9-14,20,27H,3-4,7-8,15-18H2,1-2H3,(H,26,29). The van der Waals surface area contributed by atoms with E-state index in [0.29, 0.717) is 25.3 Å². The van der Waals surface area contributed by atoms with Gasteiger partial charge in [-0.2, -0.15) is 4.72 Å². The first-order chi connectivity index (χ1) is 15.9. The van der Waals surface area contributed by atoms with Gasteiger partial charge in [0.05, 0.1) is 19.4 Å². The molecule has 1 heterocycles. The van der Waals surface area contributed by atoms with E-state index in [2.05, 4.69) is 22.2 Å². The summed E-state index contributed by atoms with van der Waals surface area (Å²) in [5.74, 6) is 1.41. The number of amides is 2. The summed E-state index contributed by atoms with van der Waals surface area (Å²) in [6.45, 7) is 2.52. The fourth-order valence-corrected chi connectivity index (χ4v) is 5.98. The first kappa shape index (κ1) is 23.6. The zero-order valence-electron chi connectivity index (χ0n) is 19.3. The van der Waals surface area contributed by atoms with Crippen LogP contribution in [-0.2, 0) is 22.1 Å². The molecule has 0 radical (unpaired) electrons. The zero-order chi connectivity index (χ0) is 23.5. The average Bonchev–Trinajstić information content (AvgIpc) is 3.62. The molecule has 33 heavy (non-hydrogen) atoms. The average molecular weight is 472 g/mol. The van der Waals surface area contributed by atoms with Crippen molar-refractivity contribution < 1.29 is 17.9 Å². The first-order valence-corrected chi connectivity index (χ1v) is 13.3. The third kappa shape index (κ3) is 5.33. The molecule has 0 bridgehead atoms. The van der Waals surface area contributed by atoms with E-state index >= 15 is 0 Å². The number of carbonyl (C=O) groups excluding carboxylic acids is 1. The van der Waals surface area contributed by atoms with Gasteiger partial charge < -0.3 is 10.1 Å². The van der Waals surface area contributed by atoms with Gasteiger partial charge in [0, 0.05) is 6.54 Å². The molecule has 8 heteroatoms. The molecule has 1 atom stereocenters. The van der Waals surface area contributed by atoms with E-state index in [1.807, 2.05) is 43.3 Å². The minimum atomic E-state index is -3.60. The molecule has 7 nitrogen and oxygen atoms in total. The maximum atomic E-state index is 13.0. The van der Waals surface area contributed by atoms with E-state index in [-0.39, 0.29) is 18.3 Å². The molecule has 2 aliphatic rings. The second-order valence-electron chi connectivity index (χ2n) is 8.94. The number of ether oxygens (including phenoxy) is 1. The second-order valence-corrected chi connectivity index (χ2v) is 10.8. The smallest absolute Gasteiger partial charge is 0.319 e. The Bertz CT molecular complexity index is 1070. The van der Waals surface area contributed by atoms with Crippen LogP contribution in [0.4, 0.5) is 4.79 Å². The predicted octanol–water partition coefficient (Wildman–Crippen LogP) is 3.71. The van der Waals surface area contributed by atoms with Crippen LogP contribution in [-0.4, -0.2) is 45.3 Å². The van der Waals surface area contributed by atoms with E-state index in [1.54, 1.807) is 12.0 Å². The Morgan fingerprint density at radius 1 is 1.12 bits per heavy atom. The molecule has 1 aliphatic carbocycles. The highest BCUT2D eigenvalue weighted by Crippen LogP contribution is 2.41. The molecule has 2 fully saturated rings. The van der Waals surface area contributed by atoms with Crippen molar-refractivity contribution in [1.29, 1.82) is 0 Å². The summed E-state index contributed by atoms with van der Waals surface area (Å²) in [7, 11) is -1.97. The van der Waals surface area contributed by atoms with Crippen LogP contribution in [0.2, 0.25) is 0 Å². The van der Waals surface area contributed by atoms with Crippen molar-refractivity contribution in [2.75, 3.05) is 26.0 Å². The molecular weight excluding hydrogens is 438 g/mol. The normalized spacial score (nSPS) is 20.7. The zero-order valence-corrected chi connectivity index (χ0v) is 20.2. The number of unbranched alkanes of at least 4 members (excludes halogenated alkanes) is 1. The van der Waals surface area contributed by atoms with E-state index in [1.165, 1.54) is 18.4 Å². The van der Waals surface area contributed by atoms with Crippen LogP contribution in [0.25, 0.3) is 0 Å². The Hall–Kier alpha value is -2.58. The van der Waals surface area contributed by atoms with Crippen LogP contribution in [0.15, 0.2) is 48.5 Å². The van der Waals surface area contributed by atoms with Gasteiger partial charge in [0.1, 0.15) is 5.75 Å². The van der Waals surface area contributed by atoms with Crippen molar-refractivity contribution in [3.8, 4) is 5.75 Å². The highest BCUT2D eigenvalue weighted by Gasteiger charge is 2.49. The summed E-state index contributed by atoms with van der Waals surface area (Å²) >= 11 is 0. The fraction of sp³-hybridized carbons (Fsp3) is 0.480. The van der Waals surface area contributed by atoms with Gasteiger partial charge in [0.15, 0.2) is 5.66 Å². The van der Waals surface area contributed by atoms with Crippen LogP contribution in [0.1, 0.15) is 55.2 Å². The number of carbonyl (C=O) groups is 1. The SMILES string of the molecule is CCCCS(=O)(=O)NC1(c2ccc(C3CC3)cc2)CNC(=O)N1CCc1ccc(OC)cc1. The molecule has 2 amide bonds. The van der Waals surface area contributed by atoms with E-state index in [0.717, 1.165) is 23.3 Å². The Morgan fingerprint density at radius 3 is 2.42 bits per heavy atom. The molecule has 4 rings (SSSR count). The van der Waals surface area contributed by atoms with Gasteiger partial charge in [-0.05, 0) is 60.4 Å². The van der Waals surface area contributed by atoms with Gasteiger partial charge in [0.25, 0.3) is 0 Å². The molecule has 0 spiro atoms. The van der Waals surface area contributed by atoms with Gasteiger partial charge in [0.2, 0.25) is 10.0 Å². The molecule has 1 aliphatic heterocycles. The van der Waals surface area contributed by atoms with Crippen LogP contribution in [0, 0.1) is 0 Å². The lowest BCUT2D eigenvalue weighted by Gasteiger charge is -2.38. The van der Waals surface area contributed by atoms with Crippen LogP contribution >= 0.6 is 0 Å². The molecular formula is C25H33N3O4S. The van der Waals surface area contributed by atoms with E-state index in [4.69, 9.17) is 4.74 Å². The van der Waals surface area contributed by atoms with Crippen molar-refractivity contribution in [3.63, 3.8) is 0 Å². The molecule has 2 aromatic rings. The van der Waals surface area contributed by atoms with Gasteiger partial charge in [-0.25, -0.2) is 13.2 Å². The number of methoxy groups -OCH3 is 1. The van der Waals surface area contributed by atoms with E-state index < -0.39 is 15.7 Å². The van der Waals surface area contributed by atoms with Crippen LogP contribution < -0.4 is 14.8 Å². The third-order valence-corrected chi connectivity index (χ3v) is 7.99. The number of hydrogen-bond acceptors (Lipinski definition) is 4. The molecule has 1 saturated heterocycles. The van der Waals surface area contributed by atoms with Crippen LogP contribution in [0.3, 0.4) is 0 Å². The van der Waals surface area contributed by atoms with Crippen molar-refractivity contribution in [3.05, 3.63) is 65.2 Å². The van der Waals surface area contributed by atoms with Crippen molar-refractivity contribution in [2.45, 2.75) is 50.6 Å². The summed E-state index contributed by atoms with van der Waals surface area (Å²) in [5, 5.41) is 2.88. The lowest BCUT2D eigenvalue weighted by Crippen LogP contribution is -2.58. The Labute approximate surface area is 196 Å². The quantitative estimate of drug-likeness (QED) is 0.523. The molecule has 2 aromatic carbocycles. The van der Waals surface area contributed by atoms with Crippen molar-refractivity contribution in [1.82, 2.24) is 14.9 Å². The van der Waals surface area contributed by atoms with E-state index in [9.17, 15) is 13.2 Å². The molecule has 1 unspecified atom stereocenters. The number of benzene rings is 2. The minimum absolute atomic E-state index is 0.0336. The lowest BCUT2D eigenvalue weighted by molar-refractivity contribution is 0.147. The molecule has 2 N–H and O–H groups in total. The Morgan fingerprint density at radius 2 is 1.82 bits per heavy atom. The van der Waals surface area contributed by atoms with Gasteiger partial charge in [-0.3, -0.25) is 4.90 Å². The summed E-state index contributed by atoms with van der Waals surface area (Å²) in [5.41, 5.74) is 1.94. The van der Waals surface area contributed by atoms with Gasteiger partial charge in [-0.1, -0.05) is 49.7 Å². The number of rotatable bonds is 11. The van der Waals surface area contributed by atoms with Gasteiger partial charge in [-0.15, -0.1) is 0 Å². The Kier molecular flexibility index (Phi) is 6.95.